The van der Waals surface area contributed by atoms with Gasteiger partial charge in [-0.1, -0.05) is 12.1 Å². The summed E-state index contributed by atoms with van der Waals surface area (Å²) >= 11 is 1.48. The van der Waals surface area contributed by atoms with Crippen LogP contribution in [0.25, 0.3) is 0 Å². The summed E-state index contributed by atoms with van der Waals surface area (Å²) < 4.78 is 33.8. The fourth-order valence-corrected chi connectivity index (χ4v) is 4.93. The van der Waals surface area contributed by atoms with Gasteiger partial charge >= 0.3 is 12.0 Å². The summed E-state index contributed by atoms with van der Waals surface area (Å²) in [6.45, 7) is 0.136. The summed E-state index contributed by atoms with van der Waals surface area (Å²) in [6, 6.07) is 9.70. The summed E-state index contributed by atoms with van der Waals surface area (Å²) in [7, 11) is 1.28. The number of carbonyl (C=O) groups is 4. The van der Waals surface area contributed by atoms with E-state index in [0.29, 0.717) is 6.54 Å². The van der Waals surface area contributed by atoms with Crippen LogP contribution in [0.1, 0.15) is 29.3 Å². The molecule has 3 aromatic rings. The third kappa shape index (κ3) is 6.91. The number of hydrogen-bond acceptors (Lipinski definition) is 6. The summed E-state index contributed by atoms with van der Waals surface area (Å²) in [4.78, 5) is 51.6. The standard InChI is InChI=1S/C27H26F2N4O6S/c1-39-23-7-4-15(9-20(23)29)21(12-25(35)36)32-26(37)16-10-24(34)33(14-16)22-11-17(5-6-19(22)28)31-27(38)30-13-18-3-2-8-40-18/h2-9,11,16,21H,10,12-14H2,1H3,(H,32,37)(H,35,36)(H2,30,31,38). The summed E-state index contributed by atoms with van der Waals surface area (Å²) in [5, 5.41) is 19.1. The van der Waals surface area contributed by atoms with E-state index in [1.54, 1.807) is 0 Å². The molecule has 2 atom stereocenters. The van der Waals surface area contributed by atoms with Crippen molar-refractivity contribution in [3.63, 3.8) is 0 Å². The maximum absolute atomic E-state index is 14.7. The molecule has 40 heavy (non-hydrogen) atoms. The van der Waals surface area contributed by atoms with E-state index < -0.39 is 53.8 Å². The predicted octanol–water partition coefficient (Wildman–Crippen LogP) is 4.04. The van der Waals surface area contributed by atoms with Crippen LogP contribution < -0.4 is 25.6 Å². The zero-order chi connectivity index (χ0) is 28.8. The maximum atomic E-state index is 14.7. The molecule has 4 rings (SSSR count). The first-order chi connectivity index (χ1) is 19.1. The largest absolute Gasteiger partial charge is 0.494 e. The molecule has 1 aliphatic rings. The van der Waals surface area contributed by atoms with Crippen molar-refractivity contribution in [1.29, 1.82) is 0 Å². The number of carboxylic acid groups (broad SMARTS) is 1. The van der Waals surface area contributed by atoms with Gasteiger partial charge in [0.1, 0.15) is 5.82 Å². The number of benzene rings is 2. The number of thiophene rings is 1. The number of carboxylic acids is 1. The Hall–Kier alpha value is -4.52. The lowest BCUT2D eigenvalue weighted by Crippen LogP contribution is -2.36. The molecule has 0 aliphatic carbocycles. The summed E-state index contributed by atoms with van der Waals surface area (Å²) in [5.74, 6) is -4.80. The van der Waals surface area contributed by atoms with E-state index in [9.17, 15) is 33.1 Å². The highest BCUT2D eigenvalue weighted by Crippen LogP contribution is 2.31. The van der Waals surface area contributed by atoms with E-state index >= 15 is 0 Å². The molecular weight excluding hydrogens is 546 g/mol. The summed E-state index contributed by atoms with van der Waals surface area (Å²) in [5.41, 5.74) is 0.330. The van der Waals surface area contributed by atoms with Gasteiger partial charge in [-0.3, -0.25) is 14.4 Å². The number of nitrogens with one attached hydrogen (secondary N) is 3. The van der Waals surface area contributed by atoms with Crippen molar-refractivity contribution in [2.75, 3.05) is 23.9 Å². The Labute approximate surface area is 231 Å². The molecule has 0 saturated carbocycles. The number of nitrogens with zero attached hydrogens (tertiary/aromatic N) is 1. The molecule has 10 nitrogen and oxygen atoms in total. The summed E-state index contributed by atoms with van der Waals surface area (Å²) in [6.07, 6.45) is -0.778. The van der Waals surface area contributed by atoms with Crippen LogP contribution in [-0.2, 0) is 20.9 Å². The van der Waals surface area contributed by atoms with E-state index in [4.69, 9.17) is 4.74 Å². The van der Waals surface area contributed by atoms with Crippen LogP contribution in [0, 0.1) is 17.6 Å². The van der Waals surface area contributed by atoms with Crippen molar-refractivity contribution in [2.45, 2.75) is 25.4 Å². The van der Waals surface area contributed by atoms with Crippen LogP contribution in [0.15, 0.2) is 53.9 Å². The minimum Gasteiger partial charge on any atom is -0.494 e. The zero-order valence-electron chi connectivity index (χ0n) is 21.3. The topological polar surface area (TPSA) is 137 Å². The monoisotopic (exact) mass is 572 g/mol. The van der Waals surface area contributed by atoms with Crippen LogP contribution in [0.4, 0.5) is 25.0 Å². The normalized spacial score (nSPS) is 15.4. The lowest BCUT2D eigenvalue weighted by molar-refractivity contribution is -0.138. The number of ether oxygens (including phenoxy) is 1. The molecule has 0 bridgehead atoms. The molecular formula is C27H26F2N4O6S. The molecule has 4 N–H and O–H groups in total. The van der Waals surface area contributed by atoms with E-state index in [-0.39, 0.29) is 35.7 Å². The fourth-order valence-electron chi connectivity index (χ4n) is 4.28. The Morgan fingerprint density at radius 3 is 2.62 bits per heavy atom. The molecule has 2 unspecified atom stereocenters. The first kappa shape index (κ1) is 28.5. The van der Waals surface area contributed by atoms with E-state index in [1.165, 1.54) is 42.7 Å². The second-order valence-corrected chi connectivity index (χ2v) is 10.0. The molecule has 210 valence electrons. The fraction of sp³-hybridized carbons (Fsp3) is 0.259. The zero-order valence-corrected chi connectivity index (χ0v) is 22.1. The van der Waals surface area contributed by atoms with Crippen molar-refractivity contribution in [1.82, 2.24) is 10.6 Å². The number of aliphatic carboxylic acids is 1. The molecule has 2 heterocycles. The maximum Gasteiger partial charge on any atom is 0.319 e. The highest BCUT2D eigenvalue weighted by molar-refractivity contribution is 7.09. The second-order valence-electron chi connectivity index (χ2n) is 9.01. The minimum atomic E-state index is -1.23. The first-order valence-corrected chi connectivity index (χ1v) is 13.0. The molecule has 13 heteroatoms. The number of rotatable bonds is 10. The van der Waals surface area contributed by atoms with Crippen molar-refractivity contribution >= 4 is 46.5 Å². The second kappa shape index (κ2) is 12.6. The van der Waals surface area contributed by atoms with Crippen LogP contribution in [-0.4, -0.2) is 42.6 Å². The lowest BCUT2D eigenvalue weighted by atomic mass is 10.0. The number of hydrogen-bond donors (Lipinski definition) is 4. The van der Waals surface area contributed by atoms with Crippen LogP contribution in [0.3, 0.4) is 0 Å². The Bertz CT molecular complexity index is 1420. The molecule has 1 saturated heterocycles. The van der Waals surface area contributed by atoms with Crippen molar-refractivity contribution in [3.05, 3.63) is 76.0 Å². The number of amides is 4. The van der Waals surface area contributed by atoms with E-state index in [1.807, 2.05) is 17.5 Å². The molecule has 1 aromatic heterocycles. The van der Waals surface area contributed by atoms with Gasteiger partial charge in [-0.25, -0.2) is 13.6 Å². The van der Waals surface area contributed by atoms with Gasteiger partial charge in [0.2, 0.25) is 11.8 Å². The van der Waals surface area contributed by atoms with Gasteiger partial charge in [0.05, 0.1) is 37.7 Å². The number of carbonyl (C=O) groups excluding carboxylic acids is 3. The lowest BCUT2D eigenvalue weighted by Gasteiger charge is -2.21. The van der Waals surface area contributed by atoms with Crippen LogP contribution >= 0.6 is 11.3 Å². The van der Waals surface area contributed by atoms with Gasteiger partial charge in [-0.2, -0.15) is 0 Å². The molecule has 1 fully saturated rings. The van der Waals surface area contributed by atoms with Crippen LogP contribution in [0.2, 0.25) is 0 Å². The van der Waals surface area contributed by atoms with Crippen LogP contribution in [0.5, 0.6) is 5.75 Å². The third-order valence-corrected chi connectivity index (χ3v) is 7.14. The average molecular weight is 573 g/mol. The van der Waals surface area contributed by atoms with Gasteiger partial charge in [0, 0.05) is 23.5 Å². The van der Waals surface area contributed by atoms with Crippen molar-refractivity contribution in [3.8, 4) is 5.75 Å². The number of urea groups is 1. The molecule has 4 amide bonds. The quantitative estimate of drug-likeness (QED) is 0.290. The molecule has 2 aromatic carbocycles. The average Bonchev–Trinajstić information content (AvgIpc) is 3.58. The van der Waals surface area contributed by atoms with E-state index in [2.05, 4.69) is 16.0 Å². The highest BCUT2D eigenvalue weighted by atomic mass is 32.1. The van der Waals surface area contributed by atoms with Gasteiger partial charge in [0.15, 0.2) is 11.6 Å². The number of methoxy groups -OCH3 is 1. The molecule has 0 spiro atoms. The highest BCUT2D eigenvalue weighted by Gasteiger charge is 2.37. The predicted molar refractivity (Wildman–Crippen MR) is 143 cm³/mol. The van der Waals surface area contributed by atoms with Gasteiger partial charge in [-0.05, 0) is 47.3 Å². The van der Waals surface area contributed by atoms with E-state index in [0.717, 1.165) is 21.9 Å². The minimum absolute atomic E-state index is 0.0417. The SMILES string of the molecule is COc1ccc(C(CC(=O)O)NC(=O)C2CC(=O)N(c3cc(NC(=O)NCc4cccs4)ccc3F)C2)cc1F. The molecule has 1 aliphatic heterocycles. The first-order valence-electron chi connectivity index (χ1n) is 12.2. The van der Waals surface area contributed by atoms with Gasteiger partial charge in [0.25, 0.3) is 0 Å². The van der Waals surface area contributed by atoms with Crippen molar-refractivity contribution in [2.24, 2.45) is 5.92 Å². The number of halogens is 2. The third-order valence-electron chi connectivity index (χ3n) is 6.27. The smallest absolute Gasteiger partial charge is 0.319 e. The van der Waals surface area contributed by atoms with Gasteiger partial charge < -0.3 is 30.7 Å². The Morgan fingerprint density at radius 2 is 1.95 bits per heavy atom. The Kier molecular flexibility index (Phi) is 8.94. The number of anilines is 2. The Balaban J connectivity index is 1.43. The molecule has 0 radical (unpaired) electrons. The van der Waals surface area contributed by atoms with Gasteiger partial charge in [-0.15, -0.1) is 11.3 Å². The van der Waals surface area contributed by atoms with Crippen molar-refractivity contribution < 1.29 is 37.8 Å². The Morgan fingerprint density at radius 1 is 1.15 bits per heavy atom.